The molecule has 4 heteroatoms. The zero-order valence-electron chi connectivity index (χ0n) is 18.7. The molecule has 0 aromatic heterocycles. The summed E-state index contributed by atoms with van der Waals surface area (Å²) in [6.45, 7) is 0. The average Bonchev–Trinajstić information content (AvgIpc) is 2.91. The first kappa shape index (κ1) is 21.6. The van der Waals surface area contributed by atoms with Crippen LogP contribution in [0.2, 0.25) is 0 Å². The van der Waals surface area contributed by atoms with Gasteiger partial charge in [0.2, 0.25) is 0 Å². The predicted molar refractivity (Wildman–Crippen MR) is 142 cm³/mol. The Morgan fingerprint density at radius 2 is 1.03 bits per heavy atom. The largest absolute Gasteiger partial charge is 0.539 e. The summed E-state index contributed by atoms with van der Waals surface area (Å²) in [7, 11) is -0.357. The summed E-state index contributed by atoms with van der Waals surface area (Å²) < 4.78 is 5.33. The second-order valence-electron chi connectivity index (χ2n) is 7.90. The minimum absolute atomic E-state index is 0.357. The maximum atomic E-state index is 9.19. The van der Waals surface area contributed by atoms with Crippen molar-refractivity contribution in [3.05, 3.63) is 133 Å². The van der Waals surface area contributed by atoms with Gasteiger partial charge in [0.15, 0.2) is 0 Å². The summed E-state index contributed by atoms with van der Waals surface area (Å²) in [6.07, 6.45) is 0. The Morgan fingerprint density at radius 3 is 1.68 bits per heavy atom. The molecule has 0 aliphatic heterocycles. The SMILES string of the molecule is OBOc1cccc(N(c2ccccc2)c2ccc(-c3ccccc3-c3ccccc3)cc2)c1. The molecule has 0 heterocycles. The molecule has 5 aromatic rings. The Balaban J connectivity index is 1.55. The third-order valence-corrected chi connectivity index (χ3v) is 5.77. The van der Waals surface area contributed by atoms with E-state index >= 15 is 0 Å². The van der Waals surface area contributed by atoms with Crippen LogP contribution in [0.4, 0.5) is 17.1 Å². The van der Waals surface area contributed by atoms with Gasteiger partial charge in [-0.2, -0.15) is 0 Å². The van der Waals surface area contributed by atoms with Crippen molar-refractivity contribution in [3.63, 3.8) is 0 Å². The Morgan fingerprint density at radius 1 is 0.500 bits per heavy atom. The molecule has 0 unspecified atom stereocenters. The van der Waals surface area contributed by atoms with Crippen LogP contribution in [-0.2, 0) is 0 Å². The van der Waals surface area contributed by atoms with Crippen LogP contribution >= 0.6 is 0 Å². The van der Waals surface area contributed by atoms with E-state index in [-0.39, 0.29) is 7.69 Å². The molecule has 164 valence electrons. The first-order chi connectivity index (χ1) is 16.8. The van der Waals surface area contributed by atoms with E-state index in [9.17, 15) is 5.02 Å². The summed E-state index contributed by atoms with van der Waals surface area (Å²) in [4.78, 5) is 2.18. The Kier molecular flexibility index (Phi) is 6.41. The lowest BCUT2D eigenvalue weighted by molar-refractivity contribution is 0.454. The molecular formula is C30H24BNO2. The molecule has 0 amide bonds. The zero-order chi connectivity index (χ0) is 23.2. The lowest BCUT2D eigenvalue weighted by atomic mass is 9.94. The van der Waals surface area contributed by atoms with E-state index < -0.39 is 0 Å². The van der Waals surface area contributed by atoms with E-state index in [0.717, 1.165) is 22.6 Å². The van der Waals surface area contributed by atoms with Crippen molar-refractivity contribution in [2.45, 2.75) is 0 Å². The summed E-state index contributed by atoms with van der Waals surface area (Å²) in [5.41, 5.74) is 7.81. The fourth-order valence-corrected chi connectivity index (χ4v) is 4.21. The summed E-state index contributed by atoms with van der Waals surface area (Å²) in [5.74, 6) is 0.620. The molecule has 0 radical (unpaired) electrons. The van der Waals surface area contributed by atoms with Gasteiger partial charge in [-0.3, -0.25) is 0 Å². The standard InChI is InChI=1S/C30H24BNO2/c33-31-34-28-15-9-14-27(22-28)32(25-12-5-2-6-13-25)26-20-18-24(19-21-26)30-17-8-7-16-29(30)23-10-3-1-4-11-23/h1-22,31,33H. The number of para-hydroxylation sites is 1. The highest BCUT2D eigenvalue weighted by Gasteiger charge is 2.14. The molecule has 0 aliphatic carbocycles. The van der Waals surface area contributed by atoms with Gasteiger partial charge in [0.25, 0.3) is 0 Å². The summed E-state index contributed by atoms with van der Waals surface area (Å²) >= 11 is 0. The van der Waals surface area contributed by atoms with Crippen molar-refractivity contribution < 1.29 is 9.68 Å². The minimum Gasteiger partial charge on any atom is -0.539 e. The number of hydrogen-bond acceptors (Lipinski definition) is 3. The van der Waals surface area contributed by atoms with Crippen molar-refractivity contribution in [2.75, 3.05) is 4.90 Å². The van der Waals surface area contributed by atoms with Crippen molar-refractivity contribution in [1.82, 2.24) is 0 Å². The van der Waals surface area contributed by atoms with Crippen LogP contribution in [0.15, 0.2) is 133 Å². The third kappa shape index (κ3) is 4.58. The number of benzene rings is 5. The van der Waals surface area contributed by atoms with Crippen molar-refractivity contribution in [1.29, 1.82) is 0 Å². The average molecular weight is 441 g/mol. The van der Waals surface area contributed by atoms with Gasteiger partial charge in [-0.15, -0.1) is 0 Å². The van der Waals surface area contributed by atoms with Crippen LogP contribution in [0.1, 0.15) is 0 Å². The van der Waals surface area contributed by atoms with Crippen molar-refractivity contribution >= 4 is 24.7 Å². The molecule has 0 atom stereocenters. The lowest BCUT2D eigenvalue weighted by Crippen LogP contribution is -2.10. The van der Waals surface area contributed by atoms with Crippen LogP contribution in [-0.4, -0.2) is 12.7 Å². The molecule has 0 spiro atoms. The van der Waals surface area contributed by atoms with Gasteiger partial charge in [0.05, 0.1) is 0 Å². The van der Waals surface area contributed by atoms with Gasteiger partial charge in [0.1, 0.15) is 5.75 Å². The quantitative estimate of drug-likeness (QED) is 0.273. The fraction of sp³-hybridized carbons (Fsp3) is 0. The second-order valence-corrected chi connectivity index (χ2v) is 7.90. The summed E-state index contributed by atoms with van der Waals surface area (Å²) in [5, 5.41) is 9.19. The fourth-order valence-electron chi connectivity index (χ4n) is 4.21. The highest BCUT2D eigenvalue weighted by Crippen LogP contribution is 2.38. The summed E-state index contributed by atoms with van der Waals surface area (Å²) in [6, 6.07) is 45.6. The normalized spacial score (nSPS) is 10.5. The van der Waals surface area contributed by atoms with Gasteiger partial charge in [-0.1, -0.05) is 91.0 Å². The maximum absolute atomic E-state index is 9.19. The van der Waals surface area contributed by atoms with Crippen LogP contribution in [0.3, 0.4) is 0 Å². The first-order valence-electron chi connectivity index (χ1n) is 11.3. The van der Waals surface area contributed by atoms with Crippen LogP contribution < -0.4 is 9.55 Å². The molecular weight excluding hydrogens is 417 g/mol. The minimum atomic E-state index is -0.357. The highest BCUT2D eigenvalue weighted by molar-refractivity contribution is 6.17. The Hall–Kier alpha value is -4.28. The molecule has 0 bridgehead atoms. The smallest absolute Gasteiger partial charge is 0.504 e. The topological polar surface area (TPSA) is 32.7 Å². The Bertz CT molecular complexity index is 1360. The molecule has 5 rings (SSSR count). The van der Waals surface area contributed by atoms with Crippen LogP contribution in [0, 0.1) is 0 Å². The van der Waals surface area contributed by atoms with E-state index in [0.29, 0.717) is 5.75 Å². The molecule has 0 aliphatic rings. The van der Waals surface area contributed by atoms with Crippen molar-refractivity contribution in [2.24, 2.45) is 0 Å². The van der Waals surface area contributed by atoms with E-state index in [1.807, 2.05) is 48.5 Å². The molecule has 3 nitrogen and oxygen atoms in total. The monoisotopic (exact) mass is 441 g/mol. The van der Waals surface area contributed by atoms with Crippen LogP contribution in [0.25, 0.3) is 22.3 Å². The molecule has 0 fully saturated rings. The van der Waals surface area contributed by atoms with Gasteiger partial charge in [-0.05, 0) is 58.7 Å². The number of rotatable bonds is 7. The van der Waals surface area contributed by atoms with E-state index in [1.54, 1.807) is 0 Å². The van der Waals surface area contributed by atoms with Gasteiger partial charge < -0.3 is 14.6 Å². The second kappa shape index (κ2) is 10.1. The van der Waals surface area contributed by atoms with Gasteiger partial charge in [-0.25, -0.2) is 0 Å². The molecule has 0 saturated heterocycles. The zero-order valence-corrected chi connectivity index (χ0v) is 18.7. The maximum Gasteiger partial charge on any atom is 0.504 e. The van der Waals surface area contributed by atoms with E-state index in [2.05, 4.69) is 89.8 Å². The molecule has 0 saturated carbocycles. The van der Waals surface area contributed by atoms with E-state index in [1.165, 1.54) is 16.7 Å². The predicted octanol–water partition coefficient (Wildman–Crippen LogP) is 7.13. The first-order valence-corrected chi connectivity index (χ1v) is 11.3. The highest BCUT2D eigenvalue weighted by atomic mass is 16.5. The van der Waals surface area contributed by atoms with Crippen molar-refractivity contribution in [3.8, 4) is 28.0 Å². The Labute approximate surface area is 200 Å². The molecule has 1 N–H and O–H groups in total. The number of anilines is 3. The lowest BCUT2D eigenvalue weighted by Gasteiger charge is -2.26. The van der Waals surface area contributed by atoms with Crippen LogP contribution in [0.5, 0.6) is 5.75 Å². The molecule has 34 heavy (non-hydrogen) atoms. The van der Waals surface area contributed by atoms with Gasteiger partial charge in [0, 0.05) is 23.1 Å². The molecule has 5 aromatic carbocycles. The number of nitrogens with zero attached hydrogens (tertiary/aromatic N) is 1. The van der Waals surface area contributed by atoms with E-state index in [4.69, 9.17) is 4.65 Å². The third-order valence-electron chi connectivity index (χ3n) is 5.77. The van der Waals surface area contributed by atoms with Gasteiger partial charge >= 0.3 is 7.69 Å². The number of hydrogen-bond donors (Lipinski definition) is 1.